The van der Waals surface area contributed by atoms with Crippen molar-refractivity contribution < 1.29 is 9.90 Å². The number of nitrogens with two attached hydrogens (primary N) is 1. The van der Waals surface area contributed by atoms with Gasteiger partial charge >= 0.3 is 5.97 Å². The van der Waals surface area contributed by atoms with Crippen molar-refractivity contribution in [2.24, 2.45) is 5.73 Å². The van der Waals surface area contributed by atoms with E-state index < -0.39 is 11.4 Å². The number of carboxylic acids is 1. The van der Waals surface area contributed by atoms with E-state index in [1.54, 1.807) is 18.2 Å². The zero-order chi connectivity index (χ0) is 11.5. The van der Waals surface area contributed by atoms with E-state index in [4.69, 9.17) is 22.4 Å². The van der Waals surface area contributed by atoms with Crippen LogP contribution in [0.1, 0.15) is 18.9 Å². The molecule has 0 fully saturated rings. The normalized spacial score (nSPS) is 14.6. The van der Waals surface area contributed by atoms with Gasteiger partial charge in [0.25, 0.3) is 0 Å². The first-order chi connectivity index (χ1) is 6.98. The molecule has 4 heteroatoms. The second-order valence-corrected chi connectivity index (χ2v) is 4.28. The molecule has 3 N–H and O–H groups in total. The largest absolute Gasteiger partial charge is 0.481 e. The molecule has 0 aromatic heterocycles. The fraction of sp³-hybridized carbons (Fsp3) is 0.364. The lowest BCUT2D eigenvalue weighted by atomic mass is 9.79. The number of aliphatic carboxylic acids is 1. The van der Waals surface area contributed by atoms with Gasteiger partial charge in [0.05, 0.1) is 6.42 Å². The minimum absolute atomic E-state index is 0.00381. The number of hydrogen-bond donors (Lipinski definition) is 2. The summed E-state index contributed by atoms with van der Waals surface area (Å²) in [6.07, 6.45) is 0.00381. The lowest BCUT2D eigenvalue weighted by molar-refractivity contribution is -0.138. The molecule has 0 heterocycles. The second kappa shape index (κ2) is 4.64. The van der Waals surface area contributed by atoms with Crippen LogP contribution in [0.15, 0.2) is 24.3 Å². The Hall–Kier alpha value is -1.06. The third kappa shape index (κ3) is 2.94. The minimum Gasteiger partial charge on any atom is -0.481 e. The van der Waals surface area contributed by atoms with Crippen molar-refractivity contribution in [1.29, 1.82) is 0 Å². The molecule has 1 aromatic rings. The summed E-state index contributed by atoms with van der Waals surface area (Å²) in [7, 11) is 0. The van der Waals surface area contributed by atoms with Crippen LogP contribution in [0.3, 0.4) is 0 Å². The summed E-state index contributed by atoms with van der Waals surface area (Å²) in [4.78, 5) is 10.7. The van der Waals surface area contributed by atoms with Gasteiger partial charge in [0.15, 0.2) is 0 Å². The molecule has 0 radical (unpaired) electrons. The van der Waals surface area contributed by atoms with Crippen LogP contribution < -0.4 is 5.73 Å². The molecule has 0 bridgehead atoms. The van der Waals surface area contributed by atoms with Gasteiger partial charge in [-0.1, -0.05) is 30.7 Å². The maximum absolute atomic E-state index is 10.7. The fourth-order valence-corrected chi connectivity index (χ4v) is 1.68. The summed E-state index contributed by atoms with van der Waals surface area (Å²) in [5, 5.41) is 9.42. The van der Waals surface area contributed by atoms with Crippen molar-refractivity contribution in [3.8, 4) is 0 Å². The van der Waals surface area contributed by atoms with Gasteiger partial charge in [-0.05, 0) is 17.7 Å². The van der Waals surface area contributed by atoms with E-state index >= 15 is 0 Å². The predicted octanol–water partition coefficient (Wildman–Crippen LogP) is 2.03. The van der Waals surface area contributed by atoms with Crippen LogP contribution in [0.25, 0.3) is 0 Å². The molecule has 0 amide bonds. The van der Waals surface area contributed by atoms with Crippen LogP contribution in [0.4, 0.5) is 0 Å². The van der Waals surface area contributed by atoms with Crippen LogP contribution in [0.2, 0.25) is 5.02 Å². The quantitative estimate of drug-likeness (QED) is 0.827. The van der Waals surface area contributed by atoms with Gasteiger partial charge in [0.2, 0.25) is 0 Å². The summed E-state index contributed by atoms with van der Waals surface area (Å²) in [5.74, 6) is -0.858. The second-order valence-electron chi connectivity index (χ2n) is 3.85. The number of halogens is 1. The van der Waals surface area contributed by atoms with E-state index in [-0.39, 0.29) is 13.0 Å². The third-order valence-electron chi connectivity index (χ3n) is 2.51. The molecule has 1 atom stereocenters. The molecule has 1 aromatic carbocycles. The van der Waals surface area contributed by atoms with Crippen molar-refractivity contribution in [3.05, 3.63) is 34.9 Å². The lowest BCUT2D eigenvalue weighted by Crippen LogP contribution is -2.34. The fourth-order valence-electron chi connectivity index (χ4n) is 1.49. The Morgan fingerprint density at radius 2 is 2.27 bits per heavy atom. The van der Waals surface area contributed by atoms with E-state index in [0.717, 1.165) is 5.56 Å². The maximum Gasteiger partial charge on any atom is 0.304 e. The molecule has 0 saturated carbocycles. The molecular formula is C11H14ClNO2. The van der Waals surface area contributed by atoms with Gasteiger partial charge in [0.1, 0.15) is 0 Å². The number of benzene rings is 1. The van der Waals surface area contributed by atoms with Crippen molar-refractivity contribution in [2.45, 2.75) is 18.8 Å². The maximum atomic E-state index is 10.7. The average Bonchev–Trinajstić information content (AvgIpc) is 2.16. The molecule has 3 nitrogen and oxygen atoms in total. The van der Waals surface area contributed by atoms with E-state index in [0.29, 0.717) is 5.02 Å². The topological polar surface area (TPSA) is 63.3 Å². The highest BCUT2D eigenvalue weighted by atomic mass is 35.5. The van der Waals surface area contributed by atoms with Gasteiger partial charge in [-0.2, -0.15) is 0 Å². The monoisotopic (exact) mass is 227 g/mol. The summed E-state index contributed by atoms with van der Waals surface area (Å²) >= 11 is 5.86. The first-order valence-electron chi connectivity index (χ1n) is 4.66. The van der Waals surface area contributed by atoms with Crippen LogP contribution in [-0.4, -0.2) is 17.6 Å². The Bertz CT molecular complexity index is 367. The number of carboxylic acid groups (broad SMARTS) is 1. The van der Waals surface area contributed by atoms with Crippen LogP contribution in [0, 0.1) is 0 Å². The van der Waals surface area contributed by atoms with Crippen molar-refractivity contribution in [3.63, 3.8) is 0 Å². The van der Waals surface area contributed by atoms with E-state index in [1.807, 2.05) is 13.0 Å². The van der Waals surface area contributed by atoms with Gasteiger partial charge in [-0.15, -0.1) is 0 Å². The van der Waals surface area contributed by atoms with E-state index in [9.17, 15) is 4.79 Å². The standard InChI is InChI=1S/C11H14ClNO2/c1-11(7-13,6-10(14)15)8-3-2-4-9(12)5-8/h2-5H,6-7,13H2,1H3,(H,14,15). The van der Waals surface area contributed by atoms with Crippen molar-refractivity contribution in [1.82, 2.24) is 0 Å². The first-order valence-corrected chi connectivity index (χ1v) is 5.03. The molecule has 1 rings (SSSR count). The molecule has 0 aliphatic rings. The van der Waals surface area contributed by atoms with Crippen LogP contribution in [-0.2, 0) is 10.2 Å². The minimum atomic E-state index is -0.858. The molecule has 1 unspecified atom stereocenters. The van der Waals surface area contributed by atoms with Gasteiger partial charge < -0.3 is 10.8 Å². The van der Waals surface area contributed by atoms with Gasteiger partial charge in [-0.25, -0.2) is 0 Å². The Balaban J connectivity index is 3.05. The highest BCUT2D eigenvalue weighted by Gasteiger charge is 2.28. The van der Waals surface area contributed by atoms with Crippen LogP contribution in [0.5, 0.6) is 0 Å². The Labute approximate surface area is 93.9 Å². The smallest absolute Gasteiger partial charge is 0.304 e. The number of hydrogen-bond acceptors (Lipinski definition) is 2. The molecular weight excluding hydrogens is 214 g/mol. The first kappa shape index (κ1) is 12.0. The summed E-state index contributed by atoms with van der Waals surface area (Å²) in [6, 6.07) is 7.16. The number of carbonyl (C=O) groups is 1. The summed E-state index contributed by atoms with van der Waals surface area (Å²) in [6.45, 7) is 2.10. The molecule has 0 aliphatic heterocycles. The highest BCUT2D eigenvalue weighted by molar-refractivity contribution is 6.30. The van der Waals surface area contributed by atoms with Gasteiger partial charge in [-0.3, -0.25) is 4.79 Å². The Morgan fingerprint density at radius 3 is 2.73 bits per heavy atom. The summed E-state index contributed by atoms with van der Waals surface area (Å²) in [5.41, 5.74) is 5.93. The SMILES string of the molecule is CC(CN)(CC(=O)O)c1cccc(Cl)c1. The Morgan fingerprint density at radius 1 is 1.60 bits per heavy atom. The predicted molar refractivity (Wildman–Crippen MR) is 60.1 cm³/mol. The summed E-state index contributed by atoms with van der Waals surface area (Å²) < 4.78 is 0. The highest BCUT2D eigenvalue weighted by Crippen LogP contribution is 2.28. The zero-order valence-electron chi connectivity index (χ0n) is 8.53. The molecule has 82 valence electrons. The average molecular weight is 228 g/mol. The van der Waals surface area contributed by atoms with Gasteiger partial charge in [0, 0.05) is 17.0 Å². The molecule has 0 aliphatic carbocycles. The van der Waals surface area contributed by atoms with E-state index in [1.165, 1.54) is 0 Å². The zero-order valence-corrected chi connectivity index (χ0v) is 9.29. The third-order valence-corrected chi connectivity index (χ3v) is 2.75. The molecule has 15 heavy (non-hydrogen) atoms. The van der Waals surface area contributed by atoms with Crippen molar-refractivity contribution >= 4 is 17.6 Å². The molecule has 0 saturated heterocycles. The van der Waals surface area contributed by atoms with Crippen molar-refractivity contribution in [2.75, 3.05) is 6.54 Å². The van der Waals surface area contributed by atoms with Crippen LogP contribution >= 0.6 is 11.6 Å². The lowest BCUT2D eigenvalue weighted by Gasteiger charge is -2.26. The Kier molecular flexibility index (Phi) is 3.72. The molecule has 0 spiro atoms. The van der Waals surface area contributed by atoms with E-state index in [2.05, 4.69) is 0 Å². The number of rotatable bonds is 4.